The molecule has 0 aliphatic heterocycles. The van der Waals surface area contributed by atoms with Gasteiger partial charge in [-0.1, -0.05) is 17.7 Å². The molecular formula is C20H19N7O. The normalized spacial score (nSPS) is 10.8. The summed E-state index contributed by atoms with van der Waals surface area (Å²) in [4.78, 5) is 25.1. The third-order valence-corrected chi connectivity index (χ3v) is 4.46. The molecule has 140 valence electrons. The first-order valence-electron chi connectivity index (χ1n) is 8.78. The Morgan fingerprint density at radius 2 is 1.93 bits per heavy atom. The third kappa shape index (κ3) is 3.39. The summed E-state index contributed by atoms with van der Waals surface area (Å²) < 4.78 is 1.81. The number of carbonyl (C=O) groups excluding carboxylic acids is 1. The van der Waals surface area contributed by atoms with Gasteiger partial charge in [0.05, 0.1) is 5.69 Å². The van der Waals surface area contributed by atoms with E-state index in [9.17, 15) is 4.79 Å². The summed E-state index contributed by atoms with van der Waals surface area (Å²) in [5, 5.41) is 9.87. The lowest BCUT2D eigenvalue weighted by Crippen LogP contribution is -2.14. The van der Waals surface area contributed by atoms with Crippen LogP contribution in [0, 0.1) is 20.8 Å². The second kappa shape index (κ2) is 7.07. The molecule has 0 saturated heterocycles. The van der Waals surface area contributed by atoms with Crippen molar-refractivity contribution in [1.29, 1.82) is 0 Å². The van der Waals surface area contributed by atoms with Gasteiger partial charge >= 0.3 is 0 Å². The van der Waals surface area contributed by atoms with Crippen LogP contribution in [-0.4, -0.2) is 35.6 Å². The maximum absolute atomic E-state index is 12.6. The Morgan fingerprint density at radius 1 is 1.07 bits per heavy atom. The van der Waals surface area contributed by atoms with Gasteiger partial charge in [-0.15, -0.1) is 0 Å². The number of H-pyrrole nitrogens is 1. The molecule has 0 atom stereocenters. The van der Waals surface area contributed by atoms with Gasteiger partial charge in [-0.25, -0.2) is 15.0 Å². The smallest absolute Gasteiger partial charge is 0.274 e. The summed E-state index contributed by atoms with van der Waals surface area (Å²) in [6.07, 6.45) is 4.89. The van der Waals surface area contributed by atoms with E-state index in [0.29, 0.717) is 17.3 Å². The van der Waals surface area contributed by atoms with Crippen LogP contribution in [0.25, 0.3) is 17.1 Å². The van der Waals surface area contributed by atoms with Crippen LogP contribution in [0.15, 0.2) is 49.1 Å². The predicted molar refractivity (Wildman–Crippen MR) is 105 cm³/mol. The fraction of sp³-hybridized carbons (Fsp3) is 0.150. The topological polar surface area (TPSA) is 101 Å². The standard InChI is InChI=1S/C20H19N7O/c1-12-4-5-13(2)15(8-12)16-9-17(26-25-16)20(28)24-18-10-19(23-11-22-18)27-7-6-21-14(27)3/h4-11H,1-3H3,(H,25,26)(H,22,23,24,28). The van der Waals surface area contributed by atoms with Crippen LogP contribution in [0.3, 0.4) is 0 Å². The molecule has 1 amide bonds. The number of hydrogen-bond donors (Lipinski definition) is 2. The van der Waals surface area contributed by atoms with E-state index in [1.807, 2.05) is 37.5 Å². The first-order valence-corrected chi connectivity index (χ1v) is 8.78. The number of anilines is 1. The van der Waals surface area contributed by atoms with Crippen LogP contribution in [0.4, 0.5) is 5.82 Å². The van der Waals surface area contributed by atoms with Gasteiger partial charge in [0.2, 0.25) is 0 Å². The SMILES string of the molecule is Cc1ccc(C)c(-c2cc(C(=O)Nc3cc(-n4ccnc4C)ncn3)[nH]n2)c1. The van der Waals surface area contributed by atoms with Gasteiger partial charge < -0.3 is 5.32 Å². The number of imidazole rings is 1. The highest BCUT2D eigenvalue weighted by Gasteiger charge is 2.14. The first kappa shape index (κ1) is 17.6. The highest BCUT2D eigenvalue weighted by Crippen LogP contribution is 2.23. The average Bonchev–Trinajstić information content (AvgIpc) is 3.33. The van der Waals surface area contributed by atoms with Crippen LogP contribution >= 0.6 is 0 Å². The van der Waals surface area contributed by atoms with Crippen molar-refractivity contribution in [3.8, 4) is 17.1 Å². The summed E-state index contributed by atoms with van der Waals surface area (Å²) >= 11 is 0. The zero-order chi connectivity index (χ0) is 19.7. The van der Waals surface area contributed by atoms with Gasteiger partial charge in [0, 0.05) is 24.0 Å². The van der Waals surface area contributed by atoms with Gasteiger partial charge in [-0.05, 0) is 38.5 Å². The van der Waals surface area contributed by atoms with Crippen molar-refractivity contribution in [2.75, 3.05) is 5.32 Å². The number of nitrogens with zero attached hydrogens (tertiary/aromatic N) is 5. The zero-order valence-electron chi connectivity index (χ0n) is 15.8. The molecular weight excluding hydrogens is 354 g/mol. The minimum atomic E-state index is -0.323. The molecule has 8 nitrogen and oxygen atoms in total. The van der Waals surface area contributed by atoms with Gasteiger partial charge in [0.25, 0.3) is 5.91 Å². The number of aromatic amines is 1. The number of amides is 1. The van der Waals surface area contributed by atoms with Gasteiger partial charge in [0.1, 0.15) is 29.5 Å². The molecule has 3 heterocycles. The molecule has 2 N–H and O–H groups in total. The maximum Gasteiger partial charge on any atom is 0.274 e. The molecule has 28 heavy (non-hydrogen) atoms. The van der Waals surface area contributed by atoms with E-state index in [4.69, 9.17) is 0 Å². The zero-order valence-corrected chi connectivity index (χ0v) is 15.8. The van der Waals surface area contributed by atoms with Crippen molar-refractivity contribution in [3.63, 3.8) is 0 Å². The van der Waals surface area contributed by atoms with Crippen molar-refractivity contribution in [2.24, 2.45) is 0 Å². The van der Waals surface area contributed by atoms with E-state index in [2.05, 4.69) is 36.5 Å². The molecule has 0 unspecified atom stereocenters. The Bertz CT molecular complexity index is 1160. The molecule has 0 fully saturated rings. The Labute approximate surface area is 161 Å². The Balaban J connectivity index is 1.56. The van der Waals surface area contributed by atoms with E-state index in [1.54, 1.807) is 24.5 Å². The molecule has 4 aromatic rings. The fourth-order valence-electron chi connectivity index (χ4n) is 2.94. The molecule has 0 spiro atoms. The van der Waals surface area contributed by atoms with Crippen molar-refractivity contribution in [3.05, 3.63) is 71.7 Å². The molecule has 0 saturated carbocycles. The van der Waals surface area contributed by atoms with Crippen LogP contribution in [0.2, 0.25) is 0 Å². The Morgan fingerprint density at radius 3 is 2.71 bits per heavy atom. The number of nitrogens with one attached hydrogen (secondary N) is 2. The van der Waals surface area contributed by atoms with Gasteiger partial charge in [0.15, 0.2) is 0 Å². The second-order valence-corrected chi connectivity index (χ2v) is 6.55. The lowest BCUT2D eigenvalue weighted by molar-refractivity contribution is 0.102. The molecule has 0 aliphatic carbocycles. The Hall–Kier alpha value is -3.81. The number of aryl methyl sites for hydroxylation is 3. The van der Waals surface area contributed by atoms with Gasteiger partial charge in [-0.2, -0.15) is 5.10 Å². The molecule has 1 aromatic carbocycles. The molecule has 0 radical (unpaired) electrons. The number of carbonyl (C=O) groups is 1. The van der Waals surface area contributed by atoms with Crippen LogP contribution in [0.1, 0.15) is 27.4 Å². The molecule has 0 bridgehead atoms. The summed E-state index contributed by atoms with van der Waals surface area (Å²) in [6, 6.07) is 9.57. The maximum atomic E-state index is 12.6. The van der Waals surface area contributed by atoms with Crippen molar-refractivity contribution in [1.82, 2.24) is 29.7 Å². The number of rotatable bonds is 4. The molecule has 0 aliphatic rings. The van der Waals surface area contributed by atoms with E-state index in [1.165, 1.54) is 6.33 Å². The molecule has 8 heteroatoms. The lowest BCUT2D eigenvalue weighted by atomic mass is 10.0. The first-order chi connectivity index (χ1) is 13.5. The minimum Gasteiger partial charge on any atom is -0.305 e. The summed E-state index contributed by atoms with van der Waals surface area (Å²) in [5.41, 5.74) is 4.31. The van der Waals surface area contributed by atoms with Crippen molar-refractivity contribution < 1.29 is 4.79 Å². The molecule has 4 rings (SSSR count). The fourth-order valence-corrected chi connectivity index (χ4v) is 2.94. The van der Waals surface area contributed by atoms with E-state index in [-0.39, 0.29) is 5.91 Å². The third-order valence-electron chi connectivity index (χ3n) is 4.46. The second-order valence-electron chi connectivity index (χ2n) is 6.55. The minimum absolute atomic E-state index is 0.323. The van der Waals surface area contributed by atoms with Crippen LogP contribution < -0.4 is 5.32 Å². The highest BCUT2D eigenvalue weighted by atomic mass is 16.2. The largest absolute Gasteiger partial charge is 0.305 e. The van der Waals surface area contributed by atoms with Crippen molar-refractivity contribution in [2.45, 2.75) is 20.8 Å². The number of benzene rings is 1. The highest BCUT2D eigenvalue weighted by molar-refractivity contribution is 6.03. The summed E-state index contributed by atoms with van der Waals surface area (Å²) in [7, 11) is 0. The van der Waals surface area contributed by atoms with Gasteiger partial charge in [-0.3, -0.25) is 14.5 Å². The van der Waals surface area contributed by atoms with Crippen molar-refractivity contribution >= 4 is 11.7 Å². The predicted octanol–water partition coefficient (Wildman–Crippen LogP) is 3.23. The monoisotopic (exact) mass is 373 g/mol. The molecule has 3 aromatic heterocycles. The Kier molecular flexibility index (Phi) is 4.44. The lowest BCUT2D eigenvalue weighted by Gasteiger charge is -2.06. The quantitative estimate of drug-likeness (QED) is 0.572. The van der Waals surface area contributed by atoms with Crippen LogP contribution in [0.5, 0.6) is 0 Å². The van der Waals surface area contributed by atoms with Crippen LogP contribution in [-0.2, 0) is 0 Å². The van der Waals surface area contributed by atoms with E-state index >= 15 is 0 Å². The van der Waals surface area contributed by atoms with E-state index < -0.39 is 0 Å². The summed E-state index contributed by atoms with van der Waals surface area (Å²) in [6.45, 7) is 5.92. The summed E-state index contributed by atoms with van der Waals surface area (Å²) in [5.74, 6) is 1.49. The number of aromatic nitrogens is 6. The van der Waals surface area contributed by atoms with E-state index in [0.717, 1.165) is 28.2 Å². The average molecular weight is 373 g/mol. The number of hydrogen-bond acceptors (Lipinski definition) is 5.